The molecular formula is C50H82O8P2. The van der Waals surface area contributed by atoms with Crippen molar-refractivity contribution < 1.29 is 39.2 Å². The van der Waals surface area contributed by atoms with E-state index in [9.17, 15) is 15.3 Å². The molecule has 0 aliphatic rings. The molecule has 0 bridgehead atoms. The molecule has 3 aromatic rings. The summed E-state index contributed by atoms with van der Waals surface area (Å²) < 4.78 is 3.60. The Hall–Kier alpha value is -2.28. The SMILES string of the molecule is CCCCCCCCCCCCCC(CC(C)c1cc(C(C)(C)C)c(O)cc1C)(c1cc(C(C)(C)C)c(O)cc1C)c1cc(C(C)(C)C)c(O)cc1C.OP(O)OP(O)O. The van der Waals surface area contributed by atoms with E-state index in [0.29, 0.717) is 17.2 Å². The van der Waals surface area contributed by atoms with Gasteiger partial charge in [0, 0.05) is 5.41 Å². The van der Waals surface area contributed by atoms with E-state index in [1.807, 2.05) is 18.2 Å². The van der Waals surface area contributed by atoms with Crippen molar-refractivity contribution in [2.45, 2.75) is 208 Å². The molecule has 0 amide bonds. The fourth-order valence-electron chi connectivity index (χ4n) is 8.98. The molecule has 3 aromatic carbocycles. The fraction of sp³-hybridized carbons (Fsp3) is 0.640. The van der Waals surface area contributed by atoms with Gasteiger partial charge in [-0.05, 0) is 124 Å². The molecule has 1 atom stereocenters. The molecule has 0 aromatic heterocycles. The number of aromatic hydroxyl groups is 3. The highest BCUT2D eigenvalue weighted by Crippen LogP contribution is 2.51. The van der Waals surface area contributed by atoms with Crippen molar-refractivity contribution in [2.24, 2.45) is 0 Å². The van der Waals surface area contributed by atoms with Gasteiger partial charge in [-0.1, -0.05) is 165 Å². The van der Waals surface area contributed by atoms with Crippen molar-refractivity contribution in [1.82, 2.24) is 0 Å². The lowest BCUT2D eigenvalue weighted by Gasteiger charge is -2.42. The summed E-state index contributed by atoms with van der Waals surface area (Å²) in [6.45, 7) is 30.8. The molecule has 0 fully saturated rings. The van der Waals surface area contributed by atoms with Crippen molar-refractivity contribution in [3.8, 4) is 17.2 Å². The molecule has 8 nitrogen and oxygen atoms in total. The van der Waals surface area contributed by atoms with Gasteiger partial charge in [-0.2, -0.15) is 0 Å². The number of unbranched alkanes of at least 4 members (excludes halogenated alkanes) is 10. The molecular weight excluding hydrogens is 790 g/mol. The largest absolute Gasteiger partial charge is 0.508 e. The Bertz CT molecular complexity index is 1710. The number of phenolic OH excluding ortho intramolecular Hbond substituents is 3. The number of benzene rings is 3. The molecule has 0 radical (unpaired) electrons. The molecule has 0 aliphatic carbocycles. The van der Waals surface area contributed by atoms with E-state index in [0.717, 1.165) is 52.6 Å². The van der Waals surface area contributed by atoms with E-state index >= 15 is 0 Å². The molecule has 0 saturated carbocycles. The summed E-state index contributed by atoms with van der Waals surface area (Å²) in [7, 11) is -5.22. The van der Waals surface area contributed by atoms with Crippen molar-refractivity contribution in [1.29, 1.82) is 0 Å². The van der Waals surface area contributed by atoms with Crippen molar-refractivity contribution in [3.05, 3.63) is 86.5 Å². The van der Waals surface area contributed by atoms with Gasteiger partial charge in [0.25, 0.3) is 0 Å². The molecule has 7 N–H and O–H groups in total. The maximum absolute atomic E-state index is 11.4. The minimum atomic E-state index is -2.61. The van der Waals surface area contributed by atoms with Gasteiger partial charge in [0.05, 0.1) is 0 Å². The molecule has 0 saturated heterocycles. The summed E-state index contributed by atoms with van der Waals surface area (Å²) in [4.78, 5) is 31.3. The quantitative estimate of drug-likeness (QED) is 0.0465. The summed E-state index contributed by atoms with van der Waals surface area (Å²) in [5.74, 6) is 1.25. The average molecular weight is 873 g/mol. The fourth-order valence-corrected chi connectivity index (χ4v) is 9.51. The first-order valence-corrected chi connectivity index (χ1v) is 24.6. The van der Waals surface area contributed by atoms with E-state index in [2.05, 4.69) is 119 Å². The van der Waals surface area contributed by atoms with E-state index in [1.165, 1.54) is 80.9 Å². The van der Waals surface area contributed by atoms with Crippen LogP contribution in [0.3, 0.4) is 0 Å². The predicted octanol–water partition coefficient (Wildman–Crippen LogP) is 14.2. The van der Waals surface area contributed by atoms with Crippen LogP contribution in [0.4, 0.5) is 0 Å². The summed E-state index contributed by atoms with van der Waals surface area (Å²) in [6, 6.07) is 12.9. The van der Waals surface area contributed by atoms with Gasteiger partial charge in [-0.15, -0.1) is 0 Å². The van der Waals surface area contributed by atoms with Gasteiger partial charge < -0.3 is 34.9 Å². The monoisotopic (exact) mass is 873 g/mol. The van der Waals surface area contributed by atoms with Crippen LogP contribution in [0.15, 0.2) is 36.4 Å². The van der Waals surface area contributed by atoms with Crippen LogP contribution in [0.25, 0.3) is 0 Å². The first kappa shape index (κ1) is 53.9. The Morgan fingerprint density at radius 1 is 0.483 bits per heavy atom. The summed E-state index contributed by atoms with van der Waals surface area (Å²) in [5, 5.41) is 33.8. The zero-order chi connectivity index (χ0) is 45.8. The lowest BCUT2D eigenvalue weighted by Crippen LogP contribution is -2.33. The Morgan fingerprint density at radius 3 is 1.15 bits per heavy atom. The molecule has 0 heterocycles. The highest BCUT2D eigenvalue weighted by molar-refractivity contribution is 7.53. The van der Waals surface area contributed by atoms with Gasteiger partial charge in [0.1, 0.15) is 17.2 Å². The first-order valence-electron chi connectivity index (χ1n) is 22.2. The summed E-state index contributed by atoms with van der Waals surface area (Å²) in [6.07, 6.45) is 16.1. The topological polar surface area (TPSA) is 151 Å². The molecule has 10 heteroatoms. The molecule has 0 spiro atoms. The minimum Gasteiger partial charge on any atom is -0.508 e. The summed E-state index contributed by atoms with van der Waals surface area (Å²) >= 11 is 0. The van der Waals surface area contributed by atoms with E-state index in [4.69, 9.17) is 19.6 Å². The van der Waals surface area contributed by atoms with Crippen LogP contribution in [0, 0.1) is 20.8 Å². The van der Waals surface area contributed by atoms with Crippen LogP contribution < -0.4 is 0 Å². The van der Waals surface area contributed by atoms with Crippen LogP contribution in [-0.4, -0.2) is 34.9 Å². The van der Waals surface area contributed by atoms with Gasteiger partial charge >= 0.3 is 17.2 Å². The first-order chi connectivity index (χ1) is 27.7. The third-order valence-corrected chi connectivity index (χ3v) is 13.2. The maximum Gasteiger partial charge on any atom is 0.334 e. The Kier molecular flexibility index (Phi) is 21.0. The third-order valence-electron chi connectivity index (χ3n) is 12.1. The smallest absolute Gasteiger partial charge is 0.334 e. The van der Waals surface area contributed by atoms with E-state index in [1.54, 1.807) is 0 Å². The number of aryl methyl sites for hydroxylation is 3. The zero-order valence-electron chi connectivity index (χ0n) is 39.7. The lowest BCUT2D eigenvalue weighted by atomic mass is 9.62. The van der Waals surface area contributed by atoms with Crippen molar-refractivity contribution in [3.63, 3.8) is 0 Å². The van der Waals surface area contributed by atoms with Gasteiger partial charge in [-0.3, -0.25) is 0 Å². The summed E-state index contributed by atoms with van der Waals surface area (Å²) in [5.41, 5.74) is 9.01. The predicted molar refractivity (Wildman–Crippen MR) is 253 cm³/mol. The van der Waals surface area contributed by atoms with Crippen molar-refractivity contribution in [2.75, 3.05) is 0 Å². The molecule has 0 aliphatic heterocycles. The second-order valence-corrected chi connectivity index (χ2v) is 22.1. The number of rotatable bonds is 19. The van der Waals surface area contributed by atoms with Crippen LogP contribution >= 0.6 is 17.2 Å². The standard InChI is InChI=1S/C50H78O3.H4O5P2/c1-15-16-17-18-19-20-21-22-23-24-25-26-50(39-31-42(48(9,10)11)45(52)28-35(39)3,40-32-43(49(12,13)14)46(53)29-36(40)4)33-37(5)38-30-41(47(6,7)8)44(51)27-34(38)2;1-6(2)5-7(3)4/h27-32,37,51-53H,15-26,33H2,1-14H3;1-4H. The Labute approximate surface area is 366 Å². The minimum absolute atomic E-state index is 0.169. The normalized spacial score (nSPS) is 13.2. The van der Waals surface area contributed by atoms with Crippen LogP contribution in [0.2, 0.25) is 0 Å². The Morgan fingerprint density at radius 2 is 0.817 bits per heavy atom. The molecule has 1 unspecified atom stereocenters. The van der Waals surface area contributed by atoms with E-state index < -0.39 is 17.2 Å². The van der Waals surface area contributed by atoms with Gasteiger partial charge in [0.2, 0.25) is 0 Å². The molecule has 340 valence electrons. The Balaban J connectivity index is 0.00000162. The number of hydrogen-bond donors (Lipinski definition) is 7. The highest BCUT2D eigenvalue weighted by Gasteiger charge is 2.41. The van der Waals surface area contributed by atoms with Gasteiger partial charge in [-0.25, -0.2) is 4.31 Å². The average Bonchev–Trinajstić information content (AvgIpc) is 3.08. The van der Waals surface area contributed by atoms with Crippen molar-refractivity contribution >= 4 is 17.2 Å². The molecule has 3 rings (SSSR count). The third kappa shape index (κ3) is 15.8. The second-order valence-electron chi connectivity index (χ2n) is 20.4. The number of phenols is 3. The lowest BCUT2D eigenvalue weighted by molar-refractivity contribution is 0.324. The van der Waals surface area contributed by atoms with Crippen LogP contribution in [0.5, 0.6) is 17.2 Å². The van der Waals surface area contributed by atoms with E-state index in [-0.39, 0.29) is 27.6 Å². The highest BCUT2D eigenvalue weighted by atomic mass is 31.2. The number of hydrogen-bond acceptors (Lipinski definition) is 8. The zero-order valence-corrected chi connectivity index (χ0v) is 41.5. The van der Waals surface area contributed by atoms with Crippen LogP contribution in [-0.2, 0) is 26.0 Å². The van der Waals surface area contributed by atoms with Gasteiger partial charge in [0.15, 0.2) is 0 Å². The maximum atomic E-state index is 11.4. The second kappa shape index (κ2) is 23.4. The molecule has 60 heavy (non-hydrogen) atoms. The van der Waals surface area contributed by atoms with Crippen LogP contribution in [0.1, 0.15) is 216 Å².